The highest BCUT2D eigenvalue weighted by atomic mass is 32.1. The zero-order chi connectivity index (χ0) is 40.3. The Morgan fingerprint density at radius 3 is 1.57 bits per heavy atom. The van der Waals surface area contributed by atoms with Crippen molar-refractivity contribution in [1.29, 1.82) is 0 Å². The zero-order valence-electron chi connectivity index (χ0n) is 33.2. The van der Waals surface area contributed by atoms with Crippen molar-refractivity contribution in [1.82, 2.24) is 4.57 Å². The minimum Gasteiger partial charge on any atom is -0.310 e. The molecule has 2 heterocycles. The highest BCUT2D eigenvalue weighted by molar-refractivity contribution is 7.25. The quantitative estimate of drug-likeness (QED) is 0.156. The van der Waals surface area contributed by atoms with Gasteiger partial charge in [-0.15, -0.1) is 11.3 Å². The van der Waals surface area contributed by atoms with Crippen LogP contribution >= 0.6 is 11.3 Å². The number of aromatic nitrogens is 1. The van der Waals surface area contributed by atoms with Crippen molar-refractivity contribution in [3.05, 3.63) is 231 Å². The molecule has 12 rings (SSSR count). The van der Waals surface area contributed by atoms with Crippen molar-refractivity contribution >= 4 is 81.1 Å². The van der Waals surface area contributed by atoms with E-state index in [4.69, 9.17) is 0 Å². The minimum atomic E-state index is 1.10. The molecule has 0 aliphatic rings. The summed E-state index contributed by atoms with van der Waals surface area (Å²) in [6.45, 7) is 0. The molecule has 0 radical (unpaired) electrons. The third-order valence-electron chi connectivity index (χ3n) is 12.2. The Balaban J connectivity index is 0.916. The molecule has 0 spiro atoms. The second kappa shape index (κ2) is 14.5. The summed E-state index contributed by atoms with van der Waals surface area (Å²) >= 11 is 1.85. The summed E-state index contributed by atoms with van der Waals surface area (Å²) in [5, 5.41) is 7.61. The molecule has 3 heteroatoms. The Morgan fingerprint density at radius 2 is 0.820 bits per heavy atom. The number of para-hydroxylation sites is 2. The van der Waals surface area contributed by atoms with Crippen LogP contribution in [0.4, 0.5) is 17.1 Å². The lowest BCUT2D eigenvalue weighted by Gasteiger charge is -2.26. The van der Waals surface area contributed by atoms with E-state index in [0.29, 0.717) is 0 Å². The first-order valence-electron chi connectivity index (χ1n) is 20.8. The van der Waals surface area contributed by atoms with Crippen molar-refractivity contribution in [2.24, 2.45) is 0 Å². The smallest absolute Gasteiger partial charge is 0.0541 e. The van der Waals surface area contributed by atoms with Gasteiger partial charge in [-0.25, -0.2) is 0 Å². The fourth-order valence-corrected chi connectivity index (χ4v) is 10.3. The Kier molecular flexibility index (Phi) is 8.39. The van der Waals surface area contributed by atoms with Gasteiger partial charge in [-0.2, -0.15) is 0 Å². The largest absolute Gasteiger partial charge is 0.310 e. The van der Waals surface area contributed by atoms with E-state index in [9.17, 15) is 0 Å². The minimum absolute atomic E-state index is 1.10. The van der Waals surface area contributed by atoms with Crippen molar-refractivity contribution in [2.75, 3.05) is 4.90 Å². The summed E-state index contributed by atoms with van der Waals surface area (Å²) in [5.74, 6) is 0. The molecule has 0 saturated carbocycles. The van der Waals surface area contributed by atoms with Gasteiger partial charge in [0, 0.05) is 53.7 Å². The average molecular weight is 795 g/mol. The van der Waals surface area contributed by atoms with Gasteiger partial charge in [-0.1, -0.05) is 152 Å². The molecular formula is C58H38N2S. The van der Waals surface area contributed by atoms with E-state index in [-0.39, 0.29) is 0 Å². The van der Waals surface area contributed by atoms with Gasteiger partial charge in [0.2, 0.25) is 0 Å². The normalized spacial score (nSPS) is 11.6. The van der Waals surface area contributed by atoms with E-state index in [1.54, 1.807) is 0 Å². The monoisotopic (exact) mass is 794 g/mol. The average Bonchev–Trinajstić information content (AvgIpc) is 3.88. The highest BCUT2D eigenvalue weighted by Gasteiger charge is 2.18. The first-order valence-corrected chi connectivity index (χ1v) is 21.6. The van der Waals surface area contributed by atoms with E-state index >= 15 is 0 Å². The van der Waals surface area contributed by atoms with Gasteiger partial charge in [-0.05, 0) is 123 Å². The molecule has 0 atom stereocenters. The van der Waals surface area contributed by atoms with Crippen LogP contribution in [0.1, 0.15) is 0 Å². The maximum Gasteiger partial charge on any atom is 0.0541 e. The number of benzene rings is 10. The molecule has 12 aromatic rings. The van der Waals surface area contributed by atoms with Crippen LogP contribution in [0.25, 0.3) is 91.8 Å². The summed E-state index contributed by atoms with van der Waals surface area (Å²) < 4.78 is 5.00. The van der Waals surface area contributed by atoms with Gasteiger partial charge < -0.3 is 9.47 Å². The number of fused-ring (bicyclic) bond motifs is 7. The van der Waals surface area contributed by atoms with Crippen LogP contribution in [-0.4, -0.2) is 4.57 Å². The lowest BCUT2D eigenvalue weighted by molar-refractivity contribution is 1.17. The number of nitrogens with zero attached hydrogens (tertiary/aromatic N) is 2. The Bertz CT molecular complexity index is 3540. The molecule has 0 aliphatic carbocycles. The molecular weight excluding hydrogens is 757 g/mol. The van der Waals surface area contributed by atoms with Crippen LogP contribution in [-0.2, 0) is 0 Å². The molecule has 0 fully saturated rings. The SMILES string of the molecule is c1cc(-c2ccc(-c3ccc(N(c4cccc(-n5c6ccccc6c6ccccc65)c4)c4ccc5sc6ccccc6c5c4)cc3)cc2)cc(-c2ccc3ccccc3c2)c1. The predicted molar refractivity (Wildman–Crippen MR) is 262 cm³/mol. The molecule has 0 bridgehead atoms. The van der Waals surface area contributed by atoms with Crippen LogP contribution in [0.3, 0.4) is 0 Å². The molecule has 2 nitrogen and oxygen atoms in total. The van der Waals surface area contributed by atoms with Gasteiger partial charge in [0.1, 0.15) is 0 Å². The molecule has 286 valence electrons. The number of anilines is 3. The van der Waals surface area contributed by atoms with E-state index in [1.807, 2.05) is 11.3 Å². The summed E-state index contributed by atoms with van der Waals surface area (Å²) in [4.78, 5) is 2.40. The van der Waals surface area contributed by atoms with Crippen molar-refractivity contribution < 1.29 is 0 Å². The molecule has 0 amide bonds. The van der Waals surface area contributed by atoms with Crippen LogP contribution in [0.5, 0.6) is 0 Å². The van der Waals surface area contributed by atoms with Gasteiger partial charge >= 0.3 is 0 Å². The van der Waals surface area contributed by atoms with Crippen LogP contribution in [0.2, 0.25) is 0 Å². The summed E-state index contributed by atoms with van der Waals surface area (Å²) in [6.07, 6.45) is 0. The first-order chi connectivity index (χ1) is 30.2. The second-order valence-corrected chi connectivity index (χ2v) is 16.9. The first kappa shape index (κ1) is 35.2. The highest BCUT2D eigenvalue weighted by Crippen LogP contribution is 2.42. The van der Waals surface area contributed by atoms with Gasteiger partial charge in [0.05, 0.1) is 11.0 Å². The van der Waals surface area contributed by atoms with Crippen LogP contribution < -0.4 is 4.90 Å². The third-order valence-corrected chi connectivity index (χ3v) is 13.3. The molecule has 10 aromatic carbocycles. The van der Waals surface area contributed by atoms with Crippen molar-refractivity contribution in [3.8, 4) is 39.1 Å². The van der Waals surface area contributed by atoms with E-state index in [0.717, 1.165) is 22.7 Å². The van der Waals surface area contributed by atoms with Crippen molar-refractivity contribution in [2.45, 2.75) is 0 Å². The summed E-state index contributed by atoms with van der Waals surface area (Å²) in [7, 11) is 0. The number of hydrogen-bond acceptors (Lipinski definition) is 2. The van der Waals surface area contributed by atoms with E-state index in [1.165, 1.54) is 86.1 Å². The lowest BCUT2D eigenvalue weighted by atomic mass is 9.96. The van der Waals surface area contributed by atoms with E-state index < -0.39 is 0 Å². The van der Waals surface area contributed by atoms with Gasteiger partial charge in [0.25, 0.3) is 0 Å². The zero-order valence-corrected chi connectivity index (χ0v) is 34.1. The standard InChI is InChI=1S/C58H38N2S/c1-2-12-43-36-46(28-27-39(43)11-1)45-14-9-13-44(35-45)42-25-23-40(24-26-42)41-29-31-47(32-30-41)59(50-33-34-58-54(38-50)53-19-5-8-22-57(53)61-58)48-15-10-16-49(37-48)60-55-20-6-3-17-51(55)52-18-4-7-21-56(52)60/h1-38H. The number of thiophene rings is 1. The summed E-state index contributed by atoms with van der Waals surface area (Å²) in [6, 6.07) is 84.2. The Morgan fingerprint density at radius 1 is 0.295 bits per heavy atom. The molecule has 2 aromatic heterocycles. The number of hydrogen-bond donors (Lipinski definition) is 0. The maximum absolute atomic E-state index is 2.40. The molecule has 0 unspecified atom stereocenters. The fraction of sp³-hybridized carbons (Fsp3) is 0. The van der Waals surface area contributed by atoms with Crippen molar-refractivity contribution in [3.63, 3.8) is 0 Å². The second-order valence-electron chi connectivity index (χ2n) is 15.8. The molecule has 61 heavy (non-hydrogen) atoms. The maximum atomic E-state index is 2.40. The molecule has 0 N–H and O–H groups in total. The number of rotatable bonds is 7. The third kappa shape index (κ3) is 6.18. The predicted octanol–water partition coefficient (Wildman–Crippen LogP) is 16.8. The fourth-order valence-electron chi connectivity index (χ4n) is 9.18. The van der Waals surface area contributed by atoms with Crippen LogP contribution in [0, 0.1) is 0 Å². The van der Waals surface area contributed by atoms with E-state index in [2.05, 4.69) is 240 Å². The summed E-state index contributed by atoms with van der Waals surface area (Å²) in [5.41, 5.74) is 14.1. The van der Waals surface area contributed by atoms with Gasteiger partial charge in [0.15, 0.2) is 0 Å². The lowest BCUT2D eigenvalue weighted by Crippen LogP contribution is -2.10. The molecule has 0 saturated heterocycles. The van der Waals surface area contributed by atoms with Crippen LogP contribution in [0.15, 0.2) is 231 Å². The topological polar surface area (TPSA) is 8.17 Å². The Labute approximate surface area is 358 Å². The Hall–Kier alpha value is -7.72. The molecule has 0 aliphatic heterocycles. The van der Waals surface area contributed by atoms with Gasteiger partial charge in [-0.3, -0.25) is 0 Å².